The first-order valence-electron chi connectivity index (χ1n) is 6.50. The number of anilines is 1. The average molecular weight is 308 g/mol. The van der Waals surface area contributed by atoms with Crippen LogP contribution in [-0.2, 0) is 9.59 Å². The quantitative estimate of drug-likeness (QED) is 0.883. The summed E-state index contributed by atoms with van der Waals surface area (Å²) in [5.74, 6) is -1.16. The molecule has 0 fully saturated rings. The van der Waals surface area contributed by atoms with E-state index in [1.807, 2.05) is 0 Å². The topological polar surface area (TPSA) is 86.7 Å². The Morgan fingerprint density at radius 1 is 1.48 bits per heavy atom. The molecule has 2 N–H and O–H groups in total. The van der Waals surface area contributed by atoms with Crippen molar-refractivity contribution < 1.29 is 19.5 Å². The van der Waals surface area contributed by atoms with Crippen molar-refractivity contribution in [3.63, 3.8) is 0 Å². The van der Waals surface area contributed by atoms with E-state index in [9.17, 15) is 14.4 Å². The van der Waals surface area contributed by atoms with Gasteiger partial charge in [-0.3, -0.25) is 9.59 Å². The molecule has 0 saturated heterocycles. The van der Waals surface area contributed by atoms with Crippen LogP contribution >= 0.6 is 11.8 Å². The SMILES string of the molecule is CCC(C(=O)O)N(C)C(=O)c1ccc2c(c1)NC(=O)CS2. The third-order valence-corrected chi connectivity index (χ3v) is 4.39. The van der Waals surface area contributed by atoms with Crippen molar-refractivity contribution >= 4 is 35.2 Å². The smallest absolute Gasteiger partial charge is 0.326 e. The highest BCUT2D eigenvalue weighted by atomic mass is 32.2. The molecule has 0 radical (unpaired) electrons. The molecule has 21 heavy (non-hydrogen) atoms. The molecule has 0 saturated carbocycles. The van der Waals surface area contributed by atoms with E-state index >= 15 is 0 Å². The number of likely N-dealkylation sites (N-methyl/N-ethyl adjacent to an activating group) is 1. The molecule has 7 heteroatoms. The molecule has 6 nitrogen and oxygen atoms in total. The molecule has 1 atom stereocenters. The number of thioether (sulfide) groups is 1. The number of benzene rings is 1. The number of amides is 2. The van der Waals surface area contributed by atoms with Gasteiger partial charge in [0.25, 0.3) is 5.91 Å². The number of nitrogens with zero attached hydrogens (tertiary/aromatic N) is 1. The third kappa shape index (κ3) is 3.18. The van der Waals surface area contributed by atoms with Crippen LogP contribution in [0, 0.1) is 0 Å². The fraction of sp³-hybridized carbons (Fsp3) is 0.357. The standard InChI is InChI=1S/C14H16N2O4S/c1-3-10(14(19)20)16(2)13(18)8-4-5-11-9(6-8)15-12(17)7-21-11/h4-6,10H,3,7H2,1-2H3,(H,15,17)(H,19,20). The number of hydrogen-bond donors (Lipinski definition) is 2. The molecular formula is C14H16N2O4S. The Kier molecular flexibility index (Phi) is 4.52. The van der Waals surface area contributed by atoms with Crippen LogP contribution in [-0.4, -0.2) is 46.6 Å². The summed E-state index contributed by atoms with van der Waals surface area (Å²) in [6.45, 7) is 1.71. The lowest BCUT2D eigenvalue weighted by Crippen LogP contribution is -2.42. The van der Waals surface area contributed by atoms with Gasteiger partial charge in [0, 0.05) is 17.5 Å². The second-order valence-corrected chi connectivity index (χ2v) is 5.74. The van der Waals surface area contributed by atoms with Crippen molar-refractivity contribution in [2.75, 3.05) is 18.1 Å². The van der Waals surface area contributed by atoms with Gasteiger partial charge in [-0.25, -0.2) is 4.79 Å². The van der Waals surface area contributed by atoms with E-state index in [0.29, 0.717) is 23.4 Å². The highest BCUT2D eigenvalue weighted by Crippen LogP contribution is 2.32. The summed E-state index contributed by atoms with van der Waals surface area (Å²) in [6, 6.07) is 4.14. The van der Waals surface area contributed by atoms with Crippen molar-refractivity contribution in [2.45, 2.75) is 24.3 Å². The van der Waals surface area contributed by atoms with E-state index < -0.39 is 12.0 Å². The van der Waals surface area contributed by atoms with E-state index in [1.165, 1.54) is 23.7 Å². The van der Waals surface area contributed by atoms with Crippen LogP contribution in [0.5, 0.6) is 0 Å². The Bertz CT molecular complexity index is 603. The molecule has 1 aliphatic rings. The van der Waals surface area contributed by atoms with Crippen LogP contribution in [0.15, 0.2) is 23.1 Å². The largest absolute Gasteiger partial charge is 0.480 e. The summed E-state index contributed by atoms with van der Waals surface area (Å²) in [5, 5.41) is 11.8. The Hall–Kier alpha value is -2.02. The molecule has 2 amide bonds. The third-order valence-electron chi connectivity index (χ3n) is 3.32. The number of nitrogens with one attached hydrogen (secondary N) is 1. The fourth-order valence-electron chi connectivity index (χ4n) is 2.18. The van der Waals surface area contributed by atoms with Crippen molar-refractivity contribution in [3.05, 3.63) is 23.8 Å². The zero-order valence-corrected chi connectivity index (χ0v) is 12.6. The number of carboxylic acids is 1. The number of carbonyl (C=O) groups is 3. The average Bonchev–Trinajstić information content (AvgIpc) is 2.45. The number of rotatable bonds is 4. The van der Waals surface area contributed by atoms with Crippen LogP contribution in [0.4, 0.5) is 5.69 Å². The van der Waals surface area contributed by atoms with Gasteiger partial charge in [-0.15, -0.1) is 11.8 Å². The van der Waals surface area contributed by atoms with E-state index in [1.54, 1.807) is 25.1 Å². The summed E-state index contributed by atoms with van der Waals surface area (Å²) in [5.41, 5.74) is 0.956. The first-order valence-corrected chi connectivity index (χ1v) is 7.49. The van der Waals surface area contributed by atoms with Crippen LogP contribution in [0.25, 0.3) is 0 Å². The fourth-order valence-corrected chi connectivity index (χ4v) is 2.96. The first-order chi connectivity index (χ1) is 9.93. The molecule has 0 aliphatic carbocycles. The van der Waals surface area contributed by atoms with Crippen LogP contribution in [0.1, 0.15) is 23.7 Å². The zero-order valence-electron chi connectivity index (χ0n) is 11.8. The molecule has 112 valence electrons. The van der Waals surface area contributed by atoms with E-state index in [2.05, 4.69) is 5.32 Å². The molecule has 1 aromatic rings. The molecule has 0 aromatic heterocycles. The van der Waals surface area contributed by atoms with Crippen molar-refractivity contribution in [1.82, 2.24) is 4.90 Å². The minimum Gasteiger partial charge on any atom is -0.480 e. The lowest BCUT2D eigenvalue weighted by Gasteiger charge is -2.24. The van der Waals surface area contributed by atoms with Crippen LogP contribution < -0.4 is 5.32 Å². The first kappa shape index (κ1) is 15.4. The summed E-state index contributed by atoms with van der Waals surface area (Å²) < 4.78 is 0. The van der Waals surface area contributed by atoms with Gasteiger partial charge in [-0.05, 0) is 24.6 Å². The summed E-state index contributed by atoms with van der Waals surface area (Å²) in [6.07, 6.45) is 0.328. The maximum atomic E-state index is 12.4. The van der Waals surface area contributed by atoms with Gasteiger partial charge in [0.05, 0.1) is 11.4 Å². The summed E-state index contributed by atoms with van der Waals surface area (Å²) >= 11 is 1.41. The van der Waals surface area contributed by atoms with E-state index in [-0.39, 0.29) is 11.8 Å². The van der Waals surface area contributed by atoms with Gasteiger partial charge in [-0.2, -0.15) is 0 Å². The molecule has 0 spiro atoms. The maximum Gasteiger partial charge on any atom is 0.326 e. The molecule has 1 heterocycles. The maximum absolute atomic E-state index is 12.4. The molecule has 1 aromatic carbocycles. The van der Waals surface area contributed by atoms with Gasteiger partial charge < -0.3 is 15.3 Å². The summed E-state index contributed by atoms with van der Waals surface area (Å²) in [7, 11) is 1.47. The Morgan fingerprint density at radius 3 is 2.81 bits per heavy atom. The van der Waals surface area contributed by atoms with Gasteiger partial charge in [0.15, 0.2) is 0 Å². The summed E-state index contributed by atoms with van der Waals surface area (Å²) in [4.78, 5) is 37.0. The number of carbonyl (C=O) groups excluding carboxylic acids is 2. The lowest BCUT2D eigenvalue weighted by atomic mass is 10.1. The van der Waals surface area contributed by atoms with Crippen molar-refractivity contribution in [2.24, 2.45) is 0 Å². The second-order valence-electron chi connectivity index (χ2n) is 4.73. The van der Waals surface area contributed by atoms with Crippen molar-refractivity contribution in [1.29, 1.82) is 0 Å². The lowest BCUT2D eigenvalue weighted by molar-refractivity contribution is -0.142. The number of carboxylic acid groups (broad SMARTS) is 1. The highest BCUT2D eigenvalue weighted by Gasteiger charge is 2.26. The Labute approximate surface area is 126 Å². The minimum absolute atomic E-state index is 0.109. The molecular weight excluding hydrogens is 292 g/mol. The number of hydrogen-bond acceptors (Lipinski definition) is 4. The molecule has 1 aliphatic heterocycles. The predicted octanol–water partition coefficient (Wildman–Crippen LogP) is 1.67. The van der Waals surface area contributed by atoms with Gasteiger partial charge >= 0.3 is 5.97 Å². The number of fused-ring (bicyclic) bond motifs is 1. The number of aliphatic carboxylic acids is 1. The van der Waals surface area contributed by atoms with E-state index in [4.69, 9.17) is 5.11 Å². The van der Waals surface area contributed by atoms with E-state index in [0.717, 1.165) is 4.90 Å². The Balaban J connectivity index is 2.25. The van der Waals surface area contributed by atoms with Gasteiger partial charge in [-0.1, -0.05) is 6.92 Å². The normalized spacial score (nSPS) is 14.9. The molecule has 0 bridgehead atoms. The van der Waals surface area contributed by atoms with Crippen molar-refractivity contribution in [3.8, 4) is 0 Å². The monoisotopic (exact) mass is 308 g/mol. The minimum atomic E-state index is -1.03. The van der Waals surface area contributed by atoms with Crippen LogP contribution in [0.2, 0.25) is 0 Å². The van der Waals surface area contributed by atoms with Gasteiger partial charge in [0.2, 0.25) is 5.91 Å². The highest BCUT2D eigenvalue weighted by molar-refractivity contribution is 8.00. The predicted molar refractivity (Wildman–Crippen MR) is 79.6 cm³/mol. The molecule has 2 rings (SSSR count). The molecule has 1 unspecified atom stereocenters. The zero-order chi connectivity index (χ0) is 15.6. The Morgan fingerprint density at radius 2 is 2.19 bits per heavy atom. The van der Waals surface area contributed by atoms with Gasteiger partial charge in [0.1, 0.15) is 6.04 Å². The second kappa shape index (κ2) is 6.17. The van der Waals surface area contributed by atoms with Crippen LogP contribution in [0.3, 0.4) is 0 Å².